The summed E-state index contributed by atoms with van der Waals surface area (Å²) in [7, 11) is 0. The molecule has 0 saturated heterocycles. The molecule has 1 atom stereocenters. The van der Waals surface area contributed by atoms with E-state index in [1.807, 2.05) is 18.2 Å². The Kier molecular flexibility index (Phi) is 4.13. The summed E-state index contributed by atoms with van der Waals surface area (Å²) in [6.07, 6.45) is 2.61. The van der Waals surface area contributed by atoms with E-state index in [0.717, 1.165) is 11.3 Å². The number of carbonyl (C=O) groups is 1. The van der Waals surface area contributed by atoms with Crippen LogP contribution in [0.3, 0.4) is 0 Å². The molecule has 1 aliphatic rings. The van der Waals surface area contributed by atoms with Crippen LogP contribution in [0, 0.1) is 0 Å². The van der Waals surface area contributed by atoms with Gasteiger partial charge in [0, 0.05) is 31.3 Å². The van der Waals surface area contributed by atoms with Gasteiger partial charge in [-0.25, -0.2) is 4.98 Å². The summed E-state index contributed by atoms with van der Waals surface area (Å²) < 4.78 is 13.1. The van der Waals surface area contributed by atoms with Crippen LogP contribution in [-0.2, 0) is 6.42 Å². The molecule has 7 heteroatoms. The van der Waals surface area contributed by atoms with Crippen LogP contribution >= 0.6 is 11.6 Å². The summed E-state index contributed by atoms with van der Waals surface area (Å²) in [6, 6.07) is 8.74. The van der Waals surface area contributed by atoms with Crippen LogP contribution in [0.15, 0.2) is 36.5 Å². The van der Waals surface area contributed by atoms with Gasteiger partial charge in [-0.05, 0) is 23.8 Å². The number of nitrogens with one attached hydrogen (secondary N) is 1. The summed E-state index contributed by atoms with van der Waals surface area (Å²) in [6.45, 7) is -0.0208. The second-order valence-electron chi connectivity index (χ2n) is 6.00. The molecular weight excluding hydrogens is 343 g/mol. The number of pyridine rings is 1. The topological polar surface area (TPSA) is 61.9 Å². The quantitative estimate of drug-likeness (QED) is 0.776. The van der Waals surface area contributed by atoms with E-state index in [1.54, 1.807) is 23.2 Å². The van der Waals surface area contributed by atoms with Crippen molar-refractivity contribution >= 4 is 28.5 Å². The highest BCUT2D eigenvalue weighted by atomic mass is 35.5. The Hall–Kier alpha value is -2.47. The molecule has 5 nitrogen and oxygen atoms in total. The molecule has 2 aromatic heterocycles. The predicted octanol–water partition coefficient (Wildman–Crippen LogP) is 3.71. The summed E-state index contributed by atoms with van der Waals surface area (Å²) >= 11 is 6.14. The molecule has 128 valence electrons. The molecule has 3 aromatic rings. The van der Waals surface area contributed by atoms with Crippen molar-refractivity contribution in [1.29, 1.82) is 0 Å². The third-order valence-electron chi connectivity index (χ3n) is 4.56. The fourth-order valence-electron chi connectivity index (χ4n) is 3.41. The lowest BCUT2D eigenvalue weighted by atomic mass is 9.94. The van der Waals surface area contributed by atoms with Gasteiger partial charge in [0.2, 0.25) is 0 Å². The number of nitrogens with zero attached hydrogens (tertiary/aromatic N) is 3. The maximum atomic E-state index is 13.1. The smallest absolute Gasteiger partial charge is 0.290 e. The van der Waals surface area contributed by atoms with E-state index in [4.69, 9.17) is 11.6 Å². The SMILES string of the molecule is O=C(c1nc2c(Cl)cccc2[nH]1)N1CCc2ncccc2C1CCF. The molecule has 0 bridgehead atoms. The predicted molar refractivity (Wildman–Crippen MR) is 93.4 cm³/mol. The van der Waals surface area contributed by atoms with Gasteiger partial charge in [-0.3, -0.25) is 14.2 Å². The second-order valence-corrected chi connectivity index (χ2v) is 6.41. The van der Waals surface area contributed by atoms with Crippen LogP contribution in [0.2, 0.25) is 5.02 Å². The number of hydrogen-bond donors (Lipinski definition) is 1. The van der Waals surface area contributed by atoms with Gasteiger partial charge in [0.05, 0.1) is 23.3 Å². The molecule has 0 aliphatic carbocycles. The number of alkyl halides is 1. The van der Waals surface area contributed by atoms with Crippen LogP contribution in [0.25, 0.3) is 11.0 Å². The zero-order valence-corrected chi connectivity index (χ0v) is 14.1. The second kappa shape index (κ2) is 6.44. The first-order valence-electron chi connectivity index (χ1n) is 8.14. The monoisotopic (exact) mass is 358 g/mol. The van der Waals surface area contributed by atoms with Crippen molar-refractivity contribution in [3.8, 4) is 0 Å². The lowest BCUT2D eigenvalue weighted by Gasteiger charge is -2.36. The first-order valence-corrected chi connectivity index (χ1v) is 8.52. The molecule has 1 aliphatic heterocycles. The van der Waals surface area contributed by atoms with Gasteiger partial charge < -0.3 is 9.88 Å². The Morgan fingerprint density at radius 2 is 2.24 bits per heavy atom. The molecule has 1 unspecified atom stereocenters. The first kappa shape index (κ1) is 16.0. The van der Waals surface area contributed by atoms with Crippen LogP contribution < -0.4 is 0 Å². The molecule has 4 rings (SSSR count). The van der Waals surface area contributed by atoms with Crippen molar-refractivity contribution < 1.29 is 9.18 Å². The van der Waals surface area contributed by atoms with Gasteiger partial charge in [-0.15, -0.1) is 0 Å². The van der Waals surface area contributed by atoms with Crippen molar-refractivity contribution in [1.82, 2.24) is 19.9 Å². The Bertz CT molecular complexity index is 942. The van der Waals surface area contributed by atoms with Crippen molar-refractivity contribution in [3.63, 3.8) is 0 Å². The average molecular weight is 359 g/mol. The van der Waals surface area contributed by atoms with Crippen LogP contribution in [0.5, 0.6) is 0 Å². The van der Waals surface area contributed by atoms with E-state index in [2.05, 4.69) is 15.0 Å². The van der Waals surface area contributed by atoms with Crippen molar-refractivity contribution in [2.24, 2.45) is 0 Å². The normalized spacial score (nSPS) is 16.9. The molecular formula is C18H16ClFN4O. The van der Waals surface area contributed by atoms with E-state index < -0.39 is 6.67 Å². The number of para-hydroxylation sites is 1. The Morgan fingerprint density at radius 3 is 3.04 bits per heavy atom. The highest BCUT2D eigenvalue weighted by Crippen LogP contribution is 2.32. The number of carbonyl (C=O) groups excluding carboxylic acids is 1. The number of amides is 1. The minimum absolute atomic E-state index is 0.222. The molecule has 0 spiro atoms. The fraction of sp³-hybridized carbons (Fsp3) is 0.278. The van der Waals surface area contributed by atoms with Gasteiger partial charge >= 0.3 is 0 Å². The highest BCUT2D eigenvalue weighted by molar-refractivity contribution is 6.35. The molecule has 1 amide bonds. The molecule has 0 fully saturated rings. The largest absolute Gasteiger partial charge is 0.334 e. The minimum Gasteiger partial charge on any atom is -0.334 e. The van der Waals surface area contributed by atoms with Crippen LogP contribution in [-0.4, -0.2) is 39.0 Å². The number of rotatable bonds is 3. The third-order valence-corrected chi connectivity index (χ3v) is 4.86. The van der Waals surface area contributed by atoms with Gasteiger partial charge in [0.15, 0.2) is 5.82 Å². The molecule has 1 aromatic carbocycles. The van der Waals surface area contributed by atoms with Gasteiger partial charge in [-0.2, -0.15) is 0 Å². The molecule has 0 radical (unpaired) electrons. The fourth-order valence-corrected chi connectivity index (χ4v) is 3.62. The number of halogens is 2. The molecule has 0 saturated carbocycles. The van der Waals surface area contributed by atoms with Gasteiger partial charge in [-0.1, -0.05) is 23.7 Å². The van der Waals surface area contributed by atoms with Crippen molar-refractivity contribution in [3.05, 3.63) is 58.6 Å². The average Bonchev–Trinajstić information content (AvgIpc) is 3.07. The summed E-state index contributed by atoms with van der Waals surface area (Å²) in [5, 5.41) is 0.487. The minimum atomic E-state index is -0.505. The van der Waals surface area contributed by atoms with E-state index in [-0.39, 0.29) is 24.2 Å². The number of H-pyrrole nitrogens is 1. The number of benzene rings is 1. The lowest BCUT2D eigenvalue weighted by Crippen LogP contribution is -2.41. The van der Waals surface area contributed by atoms with Crippen molar-refractivity contribution in [2.45, 2.75) is 18.9 Å². The van der Waals surface area contributed by atoms with E-state index in [0.29, 0.717) is 29.0 Å². The van der Waals surface area contributed by atoms with E-state index in [9.17, 15) is 9.18 Å². The zero-order chi connectivity index (χ0) is 17.4. The van der Waals surface area contributed by atoms with Gasteiger partial charge in [0.1, 0.15) is 5.52 Å². The van der Waals surface area contributed by atoms with Crippen LogP contribution in [0.1, 0.15) is 34.3 Å². The molecule has 3 heterocycles. The number of hydrogen-bond acceptors (Lipinski definition) is 3. The Labute approximate surface area is 148 Å². The number of fused-ring (bicyclic) bond motifs is 2. The third kappa shape index (κ3) is 2.76. The number of aromatic amines is 1. The van der Waals surface area contributed by atoms with E-state index in [1.165, 1.54) is 0 Å². The summed E-state index contributed by atoms with van der Waals surface area (Å²) in [4.78, 5) is 26.4. The molecule has 1 N–H and O–H groups in total. The maximum Gasteiger partial charge on any atom is 0.290 e. The van der Waals surface area contributed by atoms with Crippen molar-refractivity contribution in [2.75, 3.05) is 13.2 Å². The Balaban J connectivity index is 1.72. The molecule has 25 heavy (non-hydrogen) atoms. The highest BCUT2D eigenvalue weighted by Gasteiger charge is 2.33. The number of imidazole rings is 1. The maximum absolute atomic E-state index is 13.1. The first-order chi connectivity index (χ1) is 12.2. The Morgan fingerprint density at radius 1 is 1.36 bits per heavy atom. The standard InChI is InChI=1S/C18H16ClFN4O/c19-12-4-1-5-14-16(12)23-17(22-14)18(25)24-10-7-13-11(3-2-9-21-13)15(24)6-8-20/h1-5,9,15H,6-8,10H2,(H,22,23). The summed E-state index contributed by atoms with van der Waals surface area (Å²) in [5.41, 5.74) is 3.11. The zero-order valence-electron chi connectivity index (χ0n) is 13.4. The van der Waals surface area contributed by atoms with E-state index >= 15 is 0 Å². The van der Waals surface area contributed by atoms with Gasteiger partial charge in [0.25, 0.3) is 5.91 Å². The number of aromatic nitrogens is 3. The van der Waals surface area contributed by atoms with Crippen LogP contribution in [0.4, 0.5) is 4.39 Å². The lowest BCUT2D eigenvalue weighted by molar-refractivity contribution is 0.0630. The summed E-state index contributed by atoms with van der Waals surface area (Å²) in [5.74, 6) is -0.0282.